The molecule has 0 bridgehead atoms. The summed E-state index contributed by atoms with van der Waals surface area (Å²) in [6, 6.07) is 36.6. The number of benzene rings is 6. The van der Waals surface area contributed by atoms with Crippen molar-refractivity contribution in [3.63, 3.8) is 0 Å². The zero-order valence-electron chi connectivity index (χ0n) is 19.5. The molecule has 0 radical (unpaired) electrons. The van der Waals surface area contributed by atoms with Crippen molar-refractivity contribution in [2.75, 3.05) is 4.90 Å². The van der Waals surface area contributed by atoms with Gasteiger partial charge in [0.2, 0.25) is 0 Å². The third kappa shape index (κ3) is 2.28. The summed E-state index contributed by atoms with van der Waals surface area (Å²) >= 11 is 0. The van der Waals surface area contributed by atoms with Crippen molar-refractivity contribution in [3.05, 3.63) is 109 Å². The maximum Gasteiger partial charge on any atom is 0.189 e. The van der Waals surface area contributed by atoms with Crippen molar-refractivity contribution in [3.8, 4) is 23.0 Å². The van der Waals surface area contributed by atoms with E-state index >= 15 is 4.57 Å². The Balaban J connectivity index is 1.58. The van der Waals surface area contributed by atoms with Gasteiger partial charge in [0.25, 0.3) is 0 Å². The van der Waals surface area contributed by atoms with Crippen LogP contribution in [0.4, 0.5) is 17.1 Å². The van der Waals surface area contributed by atoms with Crippen LogP contribution >= 0.6 is 7.14 Å². The Morgan fingerprint density at radius 1 is 0.514 bits per heavy atom. The zero-order chi connectivity index (χ0) is 24.3. The lowest BCUT2D eigenvalue weighted by Crippen LogP contribution is -2.42. The molecule has 0 spiro atoms. The number of para-hydroxylation sites is 1. The van der Waals surface area contributed by atoms with Crippen LogP contribution in [-0.4, -0.2) is 0 Å². The van der Waals surface area contributed by atoms with Crippen molar-refractivity contribution in [2.24, 2.45) is 0 Å². The van der Waals surface area contributed by atoms with Crippen LogP contribution in [0.15, 0.2) is 109 Å². The fourth-order valence-corrected chi connectivity index (χ4v) is 9.71. The lowest BCUT2D eigenvalue weighted by molar-refractivity contribution is 0.462. The molecule has 9 rings (SSSR count). The van der Waals surface area contributed by atoms with Gasteiger partial charge in [-0.25, -0.2) is 0 Å². The zero-order valence-corrected chi connectivity index (χ0v) is 20.4. The second-order valence-corrected chi connectivity index (χ2v) is 12.2. The van der Waals surface area contributed by atoms with E-state index in [0.717, 1.165) is 49.2 Å². The molecule has 3 aliphatic rings. The Morgan fingerprint density at radius 2 is 1.03 bits per heavy atom. The number of anilines is 3. The van der Waals surface area contributed by atoms with Crippen LogP contribution in [0.3, 0.4) is 0 Å². The number of hydrogen-bond donors (Lipinski definition) is 0. The topological polar surface area (TPSA) is 38.8 Å². The lowest BCUT2D eigenvalue weighted by Gasteiger charge is -2.44. The summed E-state index contributed by atoms with van der Waals surface area (Å²) in [4.78, 5) is 2.27. The number of fused-ring (bicyclic) bond motifs is 4. The molecule has 5 heteroatoms. The Hall–Kier alpha value is -4.53. The van der Waals surface area contributed by atoms with Gasteiger partial charge in [-0.05, 0) is 47.2 Å². The first kappa shape index (κ1) is 19.6. The molecular weight excluding hydrogens is 477 g/mol. The maximum atomic E-state index is 15.9. The van der Waals surface area contributed by atoms with E-state index in [4.69, 9.17) is 9.47 Å². The third-order valence-electron chi connectivity index (χ3n) is 7.73. The molecule has 3 heterocycles. The largest absolute Gasteiger partial charge is 0.455 e. The SMILES string of the molecule is O=P12c3c4cccc3Oc3cc5ccccc5c(c31)N(c1ccccc1)c1c2c(cc2ccccc12)O4. The molecule has 0 N–H and O–H groups in total. The van der Waals surface area contributed by atoms with E-state index in [1.165, 1.54) is 0 Å². The van der Waals surface area contributed by atoms with Gasteiger partial charge in [-0.2, -0.15) is 0 Å². The van der Waals surface area contributed by atoms with Crippen LogP contribution in [0.1, 0.15) is 0 Å². The van der Waals surface area contributed by atoms with E-state index in [0.29, 0.717) is 28.3 Å². The molecule has 0 unspecified atom stereocenters. The van der Waals surface area contributed by atoms with Gasteiger partial charge in [-0.3, -0.25) is 0 Å². The van der Waals surface area contributed by atoms with Gasteiger partial charge in [0, 0.05) is 16.5 Å². The molecule has 174 valence electrons. The molecule has 37 heavy (non-hydrogen) atoms. The van der Waals surface area contributed by atoms with Crippen LogP contribution in [0.5, 0.6) is 23.0 Å². The first-order chi connectivity index (χ1) is 18.2. The highest BCUT2D eigenvalue weighted by Gasteiger charge is 2.54. The summed E-state index contributed by atoms with van der Waals surface area (Å²) in [5.41, 5.74) is 2.83. The molecule has 6 aromatic carbocycles. The molecule has 0 amide bonds. The normalized spacial score (nSPS) is 15.2. The molecule has 0 saturated heterocycles. The van der Waals surface area contributed by atoms with E-state index in [2.05, 4.69) is 41.3 Å². The lowest BCUT2D eigenvalue weighted by atomic mass is 10.0. The number of hydrogen-bond acceptors (Lipinski definition) is 4. The molecule has 6 aromatic rings. The average Bonchev–Trinajstić information content (AvgIpc) is 2.93. The minimum Gasteiger partial charge on any atom is -0.455 e. The molecule has 0 aliphatic carbocycles. The minimum absolute atomic E-state index is 0.604. The van der Waals surface area contributed by atoms with Crippen molar-refractivity contribution in [1.29, 1.82) is 0 Å². The van der Waals surface area contributed by atoms with Crippen LogP contribution in [0.25, 0.3) is 21.5 Å². The van der Waals surface area contributed by atoms with Gasteiger partial charge in [0.15, 0.2) is 7.14 Å². The Morgan fingerprint density at radius 3 is 1.59 bits per heavy atom. The minimum atomic E-state index is -3.34. The molecule has 3 aliphatic heterocycles. The Bertz CT molecular complexity index is 1910. The van der Waals surface area contributed by atoms with Crippen LogP contribution in [0.2, 0.25) is 0 Å². The maximum absolute atomic E-state index is 15.9. The summed E-state index contributed by atoms with van der Waals surface area (Å²) in [5.74, 6) is 2.50. The quantitative estimate of drug-likeness (QED) is 0.220. The predicted octanol–water partition coefficient (Wildman–Crippen LogP) is 7.63. The van der Waals surface area contributed by atoms with Gasteiger partial charge in [-0.15, -0.1) is 0 Å². The fourth-order valence-electron chi connectivity index (χ4n) is 6.30. The molecule has 0 fully saturated rings. The van der Waals surface area contributed by atoms with Crippen LogP contribution in [-0.2, 0) is 4.57 Å². The van der Waals surface area contributed by atoms with E-state index in [1.807, 2.05) is 72.8 Å². The van der Waals surface area contributed by atoms with E-state index in [9.17, 15) is 0 Å². The van der Waals surface area contributed by atoms with Crippen molar-refractivity contribution in [1.82, 2.24) is 0 Å². The van der Waals surface area contributed by atoms with Crippen molar-refractivity contribution >= 4 is 61.7 Å². The number of rotatable bonds is 1. The van der Waals surface area contributed by atoms with Crippen molar-refractivity contribution < 1.29 is 14.0 Å². The predicted molar refractivity (Wildman–Crippen MR) is 149 cm³/mol. The summed E-state index contributed by atoms with van der Waals surface area (Å²) in [6.45, 7) is 0. The Labute approximate surface area is 212 Å². The van der Waals surface area contributed by atoms with Gasteiger partial charge >= 0.3 is 0 Å². The fraction of sp³-hybridized carbons (Fsp3) is 0. The van der Waals surface area contributed by atoms with Gasteiger partial charge in [0.1, 0.15) is 28.3 Å². The third-order valence-corrected chi connectivity index (χ3v) is 10.9. The van der Waals surface area contributed by atoms with Crippen LogP contribution < -0.4 is 30.3 Å². The van der Waals surface area contributed by atoms with E-state index in [1.54, 1.807) is 0 Å². The molecule has 0 saturated carbocycles. The molecule has 0 aromatic heterocycles. The second-order valence-electron chi connectivity index (χ2n) is 9.67. The van der Waals surface area contributed by atoms with Gasteiger partial charge in [-0.1, -0.05) is 72.8 Å². The van der Waals surface area contributed by atoms with E-state index < -0.39 is 7.14 Å². The summed E-state index contributed by atoms with van der Waals surface area (Å²) < 4.78 is 28.9. The number of nitrogens with zero attached hydrogens (tertiary/aromatic N) is 1. The highest BCUT2D eigenvalue weighted by molar-refractivity contribution is 7.87. The number of ether oxygens (including phenoxy) is 2. The smallest absolute Gasteiger partial charge is 0.189 e. The summed E-state index contributed by atoms with van der Waals surface area (Å²) in [6.07, 6.45) is 0. The average molecular weight is 495 g/mol. The monoisotopic (exact) mass is 495 g/mol. The first-order valence-corrected chi connectivity index (χ1v) is 14.0. The highest BCUT2D eigenvalue weighted by Crippen LogP contribution is 2.66. The highest BCUT2D eigenvalue weighted by atomic mass is 31.2. The van der Waals surface area contributed by atoms with E-state index in [-0.39, 0.29) is 0 Å². The Kier molecular flexibility index (Phi) is 3.51. The second kappa shape index (κ2) is 6.61. The summed E-state index contributed by atoms with van der Waals surface area (Å²) in [5, 5.41) is 6.33. The van der Waals surface area contributed by atoms with Gasteiger partial charge in [0.05, 0.1) is 22.0 Å². The molecule has 4 nitrogen and oxygen atoms in total. The standard InChI is InChI=1S/C32H18NO3P/c34-37-30-24-15-8-16-25(30)36-27-18-20-10-5-7-14-23(20)29(32(27)37)33(21-11-2-1-3-12-21)28-22-13-6-4-9-19(22)17-26(35-24)31(28)37/h1-18H. The summed E-state index contributed by atoms with van der Waals surface area (Å²) in [7, 11) is -3.34. The molecule has 0 atom stereocenters. The van der Waals surface area contributed by atoms with Crippen LogP contribution in [0, 0.1) is 0 Å². The van der Waals surface area contributed by atoms with Gasteiger partial charge < -0.3 is 18.9 Å². The molecular formula is C32H18NO3P. The van der Waals surface area contributed by atoms with Crippen molar-refractivity contribution in [2.45, 2.75) is 0 Å². The first-order valence-electron chi connectivity index (χ1n) is 12.3.